The first-order valence-electron chi connectivity index (χ1n) is 8.15. The Labute approximate surface area is 156 Å². The van der Waals surface area contributed by atoms with Crippen molar-refractivity contribution in [2.75, 3.05) is 17.7 Å². The number of hydrogen-bond acceptors (Lipinski definition) is 6. The number of ether oxygens (including phenoxy) is 1. The average molecular weight is 359 g/mol. The van der Waals surface area contributed by atoms with E-state index in [4.69, 9.17) is 10.00 Å². The molecule has 0 radical (unpaired) electrons. The van der Waals surface area contributed by atoms with Crippen LogP contribution < -0.4 is 15.4 Å². The molecule has 0 saturated heterocycles. The molecule has 134 valence electrons. The molecule has 0 spiro atoms. The predicted octanol–water partition coefficient (Wildman–Crippen LogP) is 3.66. The SMILES string of the molecule is COc1cccc(Nc2cc(C(=O)Nc3ccc(C#N)cc3)nc(C)n2)c1. The molecular formula is C20H17N5O2. The van der Waals surface area contributed by atoms with Gasteiger partial charge in [-0.05, 0) is 43.3 Å². The number of nitrogens with zero attached hydrogens (tertiary/aromatic N) is 3. The van der Waals surface area contributed by atoms with Gasteiger partial charge in [-0.15, -0.1) is 0 Å². The number of nitrogens with one attached hydrogen (secondary N) is 2. The third-order valence-corrected chi connectivity index (χ3v) is 3.68. The van der Waals surface area contributed by atoms with Gasteiger partial charge in [0.25, 0.3) is 5.91 Å². The highest BCUT2D eigenvalue weighted by Crippen LogP contribution is 2.21. The lowest BCUT2D eigenvalue weighted by atomic mass is 10.2. The molecule has 1 aromatic heterocycles. The van der Waals surface area contributed by atoms with Crippen LogP contribution >= 0.6 is 0 Å². The number of rotatable bonds is 5. The third kappa shape index (κ3) is 4.58. The number of hydrogen-bond donors (Lipinski definition) is 2. The van der Waals surface area contributed by atoms with Gasteiger partial charge in [0.05, 0.1) is 18.7 Å². The smallest absolute Gasteiger partial charge is 0.274 e. The van der Waals surface area contributed by atoms with Crippen LogP contribution in [-0.4, -0.2) is 23.0 Å². The van der Waals surface area contributed by atoms with E-state index in [1.54, 1.807) is 44.4 Å². The summed E-state index contributed by atoms with van der Waals surface area (Å²) in [6.45, 7) is 1.72. The second kappa shape index (κ2) is 7.97. The van der Waals surface area contributed by atoms with E-state index in [2.05, 4.69) is 20.6 Å². The average Bonchev–Trinajstić information content (AvgIpc) is 2.68. The Balaban J connectivity index is 1.79. The Hall–Kier alpha value is -3.92. The van der Waals surface area contributed by atoms with E-state index in [0.29, 0.717) is 28.6 Å². The van der Waals surface area contributed by atoms with Crippen LogP contribution in [0, 0.1) is 18.3 Å². The first-order valence-corrected chi connectivity index (χ1v) is 8.15. The summed E-state index contributed by atoms with van der Waals surface area (Å²) in [5, 5.41) is 14.7. The quantitative estimate of drug-likeness (QED) is 0.721. The molecule has 0 bridgehead atoms. The summed E-state index contributed by atoms with van der Waals surface area (Å²) >= 11 is 0. The molecule has 7 nitrogen and oxygen atoms in total. The molecule has 3 rings (SSSR count). The van der Waals surface area contributed by atoms with Gasteiger partial charge < -0.3 is 15.4 Å². The van der Waals surface area contributed by atoms with Crippen molar-refractivity contribution >= 4 is 23.1 Å². The van der Waals surface area contributed by atoms with Crippen LogP contribution in [0.3, 0.4) is 0 Å². The van der Waals surface area contributed by atoms with E-state index in [0.717, 1.165) is 5.69 Å². The molecule has 0 fully saturated rings. The highest BCUT2D eigenvalue weighted by atomic mass is 16.5. The van der Waals surface area contributed by atoms with E-state index in [9.17, 15) is 4.79 Å². The van der Waals surface area contributed by atoms with Crippen LogP contribution in [0.15, 0.2) is 54.6 Å². The Bertz CT molecular complexity index is 1010. The lowest BCUT2D eigenvalue weighted by Crippen LogP contribution is -2.15. The number of carbonyl (C=O) groups excluding carboxylic acids is 1. The maximum atomic E-state index is 12.5. The number of aromatic nitrogens is 2. The maximum absolute atomic E-state index is 12.5. The van der Waals surface area contributed by atoms with Crippen LogP contribution in [0.4, 0.5) is 17.2 Å². The van der Waals surface area contributed by atoms with Gasteiger partial charge >= 0.3 is 0 Å². The Morgan fingerprint density at radius 1 is 1.07 bits per heavy atom. The fourth-order valence-electron chi connectivity index (χ4n) is 2.42. The summed E-state index contributed by atoms with van der Waals surface area (Å²) in [5.41, 5.74) is 2.12. The molecule has 0 aliphatic carbocycles. The van der Waals surface area contributed by atoms with Gasteiger partial charge in [-0.1, -0.05) is 6.07 Å². The van der Waals surface area contributed by atoms with E-state index in [-0.39, 0.29) is 11.6 Å². The van der Waals surface area contributed by atoms with Crippen LogP contribution in [-0.2, 0) is 0 Å². The van der Waals surface area contributed by atoms with Crippen molar-refractivity contribution < 1.29 is 9.53 Å². The molecule has 2 N–H and O–H groups in total. The van der Waals surface area contributed by atoms with Crippen molar-refractivity contribution in [1.82, 2.24) is 9.97 Å². The van der Waals surface area contributed by atoms with Crippen LogP contribution in [0.2, 0.25) is 0 Å². The number of methoxy groups -OCH3 is 1. The predicted molar refractivity (Wildman–Crippen MR) is 102 cm³/mol. The molecule has 27 heavy (non-hydrogen) atoms. The molecule has 1 amide bonds. The van der Waals surface area contributed by atoms with Gasteiger partial charge in [-0.2, -0.15) is 5.26 Å². The van der Waals surface area contributed by atoms with Crippen molar-refractivity contribution in [3.63, 3.8) is 0 Å². The molecule has 0 unspecified atom stereocenters. The highest BCUT2D eigenvalue weighted by molar-refractivity contribution is 6.03. The van der Waals surface area contributed by atoms with Gasteiger partial charge in [0.2, 0.25) is 0 Å². The topological polar surface area (TPSA) is 99.9 Å². The molecule has 3 aromatic rings. The fourth-order valence-corrected chi connectivity index (χ4v) is 2.42. The fraction of sp³-hybridized carbons (Fsp3) is 0.100. The van der Waals surface area contributed by atoms with Gasteiger partial charge in [-0.25, -0.2) is 9.97 Å². The minimum Gasteiger partial charge on any atom is -0.497 e. The lowest BCUT2D eigenvalue weighted by Gasteiger charge is -2.10. The van der Waals surface area contributed by atoms with Gasteiger partial charge in [0.15, 0.2) is 0 Å². The molecule has 0 aliphatic rings. The lowest BCUT2D eigenvalue weighted by molar-refractivity contribution is 0.102. The first kappa shape index (κ1) is 17.9. The summed E-state index contributed by atoms with van der Waals surface area (Å²) in [5.74, 6) is 1.32. The molecule has 7 heteroatoms. The van der Waals surface area contributed by atoms with E-state index in [1.807, 2.05) is 30.3 Å². The second-order valence-electron chi connectivity index (χ2n) is 5.69. The summed E-state index contributed by atoms with van der Waals surface area (Å²) in [7, 11) is 1.60. The van der Waals surface area contributed by atoms with Crippen molar-refractivity contribution in [2.45, 2.75) is 6.92 Å². The van der Waals surface area contributed by atoms with Crippen LogP contribution in [0.25, 0.3) is 0 Å². The summed E-state index contributed by atoms with van der Waals surface area (Å²) in [4.78, 5) is 21.0. The first-order chi connectivity index (χ1) is 13.1. The Morgan fingerprint density at radius 2 is 1.85 bits per heavy atom. The monoisotopic (exact) mass is 359 g/mol. The Kier molecular flexibility index (Phi) is 5.28. The van der Waals surface area contributed by atoms with E-state index < -0.39 is 0 Å². The largest absolute Gasteiger partial charge is 0.497 e. The number of aryl methyl sites for hydroxylation is 1. The van der Waals surface area contributed by atoms with Crippen LogP contribution in [0.5, 0.6) is 5.75 Å². The van der Waals surface area contributed by atoms with Crippen LogP contribution in [0.1, 0.15) is 21.9 Å². The third-order valence-electron chi connectivity index (χ3n) is 3.68. The minimum absolute atomic E-state index is 0.234. The number of anilines is 3. The van der Waals surface area contributed by atoms with Gasteiger partial charge in [0, 0.05) is 23.5 Å². The summed E-state index contributed by atoms with van der Waals surface area (Å²) in [6.07, 6.45) is 0. The standard InChI is InChI=1S/C20H17N5O2/c1-13-22-18(20(26)25-15-8-6-14(12-21)7-9-15)11-19(23-13)24-16-4-3-5-17(10-16)27-2/h3-11H,1-2H3,(H,25,26)(H,22,23,24). The second-order valence-corrected chi connectivity index (χ2v) is 5.69. The number of amides is 1. The highest BCUT2D eigenvalue weighted by Gasteiger charge is 2.11. The zero-order valence-corrected chi connectivity index (χ0v) is 14.9. The van der Waals surface area contributed by atoms with Crippen molar-refractivity contribution in [3.05, 3.63) is 71.7 Å². The van der Waals surface area contributed by atoms with Gasteiger partial charge in [-0.3, -0.25) is 4.79 Å². The zero-order valence-electron chi connectivity index (χ0n) is 14.9. The number of benzene rings is 2. The molecular weight excluding hydrogens is 342 g/mol. The summed E-state index contributed by atoms with van der Waals surface area (Å²) in [6, 6.07) is 17.6. The van der Waals surface area contributed by atoms with Gasteiger partial charge in [0.1, 0.15) is 23.1 Å². The van der Waals surface area contributed by atoms with Crippen molar-refractivity contribution in [1.29, 1.82) is 5.26 Å². The normalized spacial score (nSPS) is 9.96. The van der Waals surface area contributed by atoms with E-state index >= 15 is 0 Å². The van der Waals surface area contributed by atoms with E-state index in [1.165, 1.54) is 0 Å². The minimum atomic E-state index is -0.362. The number of nitriles is 1. The molecule has 2 aromatic carbocycles. The zero-order chi connectivity index (χ0) is 19.2. The molecule has 1 heterocycles. The molecule has 0 atom stereocenters. The molecule has 0 saturated carbocycles. The van der Waals surface area contributed by atoms with Crippen molar-refractivity contribution in [2.24, 2.45) is 0 Å². The van der Waals surface area contributed by atoms with Crippen molar-refractivity contribution in [3.8, 4) is 11.8 Å². The maximum Gasteiger partial charge on any atom is 0.274 e. The molecule has 0 aliphatic heterocycles. The summed E-state index contributed by atoms with van der Waals surface area (Å²) < 4.78 is 5.20. The Morgan fingerprint density at radius 3 is 2.56 bits per heavy atom. The number of carbonyl (C=O) groups is 1.